The summed E-state index contributed by atoms with van der Waals surface area (Å²) >= 11 is 0. The molecule has 2 aromatic carbocycles. The van der Waals surface area contributed by atoms with Crippen LogP contribution in [0.25, 0.3) is 0 Å². The summed E-state index contributed by atoms with van der Waals surface area (Å²) in [6, 6.07) is 12.9. The van der Waals surface area contributed by atoms with E-state index in [0.717, 1.165) is 38.4 Å². The maximum Gasteiger partial charge on any atom is 0.244 e. The number of Topliss-reactive ketones (excluding diaryl/α,β-unsaturated/α-hetero) is 1. The smallest absolute Gasteiger partial charge is 0.244 e. The van der Waals surface area contributed by atoms with E-state index in [1.165, 1.54) is 22.5 Å². The van der Waals surface area contributed by atoms with Gasteiger partial charge in [-0.3, -0.25) is 9.69 Å². The summed E-state index contributed by atoms with van der Waals surface area (Å²) in [4.78, 5) is 16.9. The maximum atomic E-state index is 13.1. The minimum Gasteiger partial charge on any atom is -0.369 e. The number of piperazine rings is 1. The zero-order valence-corrected chi connectivity index (χ0v) is 16.9. The van der Waals surface area contributed by atoms with Crippen LogP contribution in [0.4, 0.5) is 10.1 Å². The number of carbonyl (C=O) groups excluding carboxylic acids is 1. The number of hydrogen-bond acceptors (Lipinski definition) is 5. The Balaban J connectivity index is 1.29. The van der Waals surface area contributed by atoms with Crippen molar-refractivity contribution in [3.05, 3.63) is 59.9 Å². The molecule has 0 unspecified atom stereocenters. The summed E-state index contributed by atoms with van der Waals surface area (Å²) < 4.78 is 39.9. The van der Waals surface area contributed by atoms with E-state index in [2.05, 4.69) is 9.80 Å². The van der Waals surface area contributed by atoms with Gasteiger partial charge in [-0.15, -0.1) is 0 Å². The van der Waals surface area contributed by atoms with E-state index in [-0.39, 0.29) is 23.0 Å². The molecule has 0 spiro atoms. The van der Waals surface area contributed by atoms with Gasteiger partial charge in [-0.2, -0.15) is 4.31 Å². The minimum absolute atomic E-state index is 0.0856. The van der Waals surface area contributed by atoms with Crippen molar-refractivity contribution in [1.29, 1.82) is 0 Å². The number of rotatable bonds is 5. The first-order valence-corrected chi connectivity index (χ1v) is 11.2. The van der Waals surface area contributed by atoms with E-state index in [4.69, 9.17) is 0 Å². The fraction of sp³-hybridized carbons (Fsp3) is 0.381. The van der Waals surface area contributed by atoms with Gasteiger partial charge in [-0.25, -0.2) is 12.8 Å². The van der Waals surface area contributed by atoms with E-state index >= 15 is 0 Å². The third kappa shape index (κ3) is 4.19. The van der Waals surface area contributed by atoms with Gasteiger partial charge in [-0.1, -0.05) is 12.1 Å². The Kier molecular flexibility index (Phi) is 5.67. The molecule has 4 rings (SSSR count). The lowest BCUT2D eigenvalue weighted by Crippen LogP contribution is -2.47. The van der Waals surface area contributed by atoms with Crippen LogP contribution >= 0.6 is 0 Å². The Labute approximate surface area is 170 Å². The standard InChI is InChI=1S/C21H24FN3O3S/c22-17-6-8-18(9-7-17)24-14-12-23(13-15-24)10-3-11-25-16-20(26)19-4-1-2-5-21(19)29(25,27)28/h1-2,4-9H,3,10-16H2. The number of carbonyl (C=O) groups is 1. The summed E-state index contributed by atoms with van der Waals surface area (Å²) in [7, 11) is -3.61. The lowest BCUT2D eigenvalue weighted by molar-refractivity contribution is 0.0954. The number of nitrogens with zero attached hydrogens (tertiary/aromatic N) is 3. The molecular weight excluding hydrogens is 393 g/mol. The van der Waals surface area contributed by atoms with Crippen LogP contribution in [-0.4, -0.2) is 69.2 Å². The van der Waals surface area contributed by atoms with Crippen LogP contribution < -0.4 is 4.90 Å². The quantitative estimate of drug-likeness (QED) is 0.747. The summed E-state index contributed by atoms with van der Waals surface area (Å²) in [6.45, 7) is 4.45. The number of ketones is 1. The van der Waals surface area contributed by atoms with Crippen molar-refractivity contribution >= 4 is 21.5 Å². The minimum atomic E-state index is -3.61. The van der Waals surface area contributed by atoms with Crippen molar-refractivity contribution in [1.82, 2.24) is 9.21 Å². The Hall–Kier alpha value is -2.29. The van der Waals surface area contributed by atoms with Crippen molar-refractivity contribution in [2.45, 2.75) is 11.3 Å². The molecule has 2 heterocycles. The van der Waals surface area contributed by atoms with Gasteiger partial charge in [0.05, 0.1) is 11.4 Å². The summed E-state index contributed by atoms with van der Waals surface area (Å²) in [5.41, 5.74) is 1.31. The van der Waals surface area contributed by atoms with Crippen molar-refractivity contribution in [3.63, 3.8) is 0 Å². The molecule has 0 aromatic heterocycles. The number of halogens is 1. The van der Waals surface area contributed by atoms with Crippen LogP contribution in [0, 0.1) is 5.82 Å². The molecule has 154 valence electrons. The van der Waals surface area contributed by atoms with Gasteiger partial charge in [0.1, 0.15) is 5.82 Å². The second-order valence-electron chi connectivity index (χ2n) is 7.42. The lowest BCUT2D eigenvalue weighted by Gasteiger charge is -2.36. The summed E-state index contributed by atoms with van der Waals surface area (Å²) in [5, 5.41) is 0. The maximum absolute atomic E-state index is 13.1. The molecule has 0 saturated carbocycles. The van der Waals surface area contributed by atoms with Crippen LogP contribution in [0.2, 0.25) is 0 Å². The molecule has 0 bridgehead atoms. The number of benzene rings is 2. The molecule has 2 aliphatic rings. The first-order chi connectivity index (χ1) is 13.9. The van der Waals surface area contributed by atoms with E-state index in [9.17, 15) is 17.6 Å². The van der Waals surface area contributed by atoms with Crippen LogP contribution in [0.1, 0.15) is 16.8 Å². The topological polar surface area (TPSA) is 60.9 Å². The number of anilines is 1. The van der Waals surface area contributed by atoms with Gasteiger partial charge in [-0.05, 0) is 49.4 Å². The Bertz CT molecular complexity index is 986. The van der Waals surface area contributed by atoms with Gasteiger partial charge >= 0.3 is 0 Å². The van der Waals surface area contributed by atoms with Crippen molar-refractivity contribution in [2.75, 3.05) is 50.7 Å². The predicted molar refractivity (Wildman–Crippen MR) is 109 cm³/mol. The average molecular weight is 418 g/mol. The monoisotopic (exact) mass is 417 g/mol. The average Bonchev–Trinajstić information content (AvgIpc) is 2.73. The van der Waals surface area contributed by atoms with E-state index in [1.807, 2.05) is 0 Å². The van der Waals surface area contributed by atoms with Gasteiger partial charge in [0.15, 0.2) is 5.78 Å². The van der Waals surface area contributed by atoms with Crippen LogP contribution in [0.15, 0.2) is 53.4 Å². The summed E-state index contributed by atoms with van der Waals surface area (Å²) in [6.07, 6.45) is 0.672. The predicted octanol–water partition coefficient (Wildman–Crippen LogP) is 2.22. The van der Waals surface area contributed by atoms with Crippen molar-refractivity contribution in [3.8, 4) is 0 Å². The van der Waals surface area contributed by atoms with E-state index < -0.39 is 10.0 Å². The number of sulfonamides is 1. The molecule has 2 aromatic rings. The molecule has 0 atom stereocenters. The molecule has 2 aliphatic heterocycles. The first kappa shape index (κ1) is 20.0. The molecule has 0 amide bonds. The second-order valence-corrected chi connectivity index (χ2v) is 9.32. The highest BCUT2D eigenvalue weighted by atomic mass is 32.2. The lowest BCUT2D eigenvalue weighted by atomic mass is 10.1. The van der Waals surface area contributed by atoms with Gasteiger partial charge < -0.3 is 4.90 Å². The molecular formula is C21H24FN3O3S. The van der Waals surface area contributed by atoms with Gasteiger partial charge in [0.25, 0.3) is 0 Å². The van der Waals surface area contributed by atoms with Crippen LogP contribution in [0.5, 0.6) is 0 Å². The van der Waals surface area contributed by atoms with E-state index in [0.29, 0.717) is 18.5 Å². The number of hydrogen-bond donors (Lipinski definition) is 0. The molecule has 6 nitrogen and oxygen atoms in total. The van der Waals surface area contributed by atoms with Crippen LogP contribution in [0.3, 0.4) is 0 Å². The SMILES string of the molecule is O=C1CN(CCCN2CCN(c3ccc(F)cc3)CC2)S(=O)(=O)c2ccccc21. The van der Waals surface area contributed by atoms with E-state index in [1.54, 1.807) is 30.3 Å². The Morgan fingerprint density at radius 2 is 1.59 bits per heavy atom. The molecule has 0 N–H and O–H groups in total. The highest BCUT2D eigenvalue weighted by molar-refractivity contribution is 7.89. The number of fused-ring (bicyclic) bond motifs is 1. The Morgan fingerprint density at radius 1 is 0.897 bits per heavy atom. The highest BCUT2D eigenvalue weighted by Crippen LogP contribution is 2.26. The molecule has 1 saturated heterocycles. The normalized spacial score (nSPS) is 19.9. The fourth-order valence-corrected chi connectivity index (χ4v) is 5.59. The third-order valence-electron chi connectivity index (χ3n) is 5.57. The highest BCUT2D eigenvalue weighted by Gasteiger charge is 2.35. The first-order valence-electron chi connectivity index (χ1n) is 9.80. The Morgan fingerprint density at radius 3 is 2.31 bits per heavy atom. The fourth-order valence-electron chi connectivity index (χ4n) is 3.94. The van der Waals surface area contributed by atoms with Crippen molar-refractivity contribution < 1.29 is 17.6 Å². The third-order valence-corrected chi connectivity index (χ3v) is 7.47. The second kappa shape index (κ2) is 8.22. The van der Waals surface area contributed by atoms with Crippen LogP contribution in [-0.2, 0) is 10.0 Å². The molecule has 0 aliphatic carbocycles. The zero-order chi connectivity index (χ0) is 20.4. The largest absolute Gasteiger partial charge is 0.369 e. The van der Waals surface area contributed by atoms with Gasteiger partial charge in [0, 0.05) is 44.0 Å². The molecule has 8 heteroatoms. The summed E-state index contributed by atoms with van der Waals surface area (Å²) in [5.74, 6) is -0.385. The molecule has 29 heavy (non-hydrogen) atoms. The molecule has 1 fully saturated rings. The van der Waals surface area contributed by atoms with Gasteiger partial charge in [0.2, 0.25) is 10.0 Å². The van der Waals surface area contributed by atoms with Crippen molar-refractivity contribution in [2.24, 2.45) is 0 Å². The zero-order valence-electron chi connectivity index (χ0n) is 16.1. The molecule has 0 radical (unpaired) electrons.